The molecule has 1 aromatic heterocycles. The van der Waals surface area contributed by atoms with Crippen LogP contribution in [-0.4, -0.2) is 40.7 Å². The Hall–Kier alpha value is -1.40. The van der Waals surface area contributed by atoms with Gasteiger partial charge in [-0.3, -0.25) is 4.90 Å². The van der Waals surface area contributed by atoms with E-state index < -0.39 is 0 Å². The number of nitrogens with zero attached hydrogens (tertiary/aromatic N) is 2. The molecule has 3 rings (SSSR count). The molecule has 1 aliphatic rings. The second-order valence-corrected chi connectivity index (χ2v) is 6.02. The Labute approximate surface area is 128 Å². The summed E-state index contributed by atoms with van der Waals surface area (Å²) in [7, 11) is 1.47. The van der Waals surface area contributed by atoms with Gasteiger partial charge >= 0.3 is 0 Å². The zero-order chi connectivity index (χ0) is 15.0. The van der Waals surface area contributed by atoms with Gasteiger partial charge in [-0.25, -0.2) is 4.39 Å². The van der Waals surface area contributed by atoms with E-state index in [9.17, 15) is 4.39 Å². The zero-order valence-electron chi connectivity index (χ0n) is 12.4. The highest BCUT2D eigenvalue weighted by Gasteiger charge is 2.20. The van der Waals surface area contributed by atoms with Gasteiger partial charge in [0.05, 0.1) is 18.1 Å². The van der Waals surface area contributed by atoms with Crippen molar-refractivity contribution >= 4 is 23.3 Å². The third kappa shape index (κ3) is 2.70. The summed E-state index contributed by atoms with van der Waals surface area (Å²) in [5, 5.41) is 0. The average Bonchev–Trinajstić information content (AvgIpc) is 3.07. The van der Waals surface area contributed by atoms with Crippen LogP contribution in [0.3, 0.4) is 0 Å². The summed E-state index contributed by atoms with van der Waals surface area (Å²) in [6, 6.07) is 3.57. The van der Waals surface area contributed by atoms with Crippen LogP contribution in [0.5, 0.6) is 5.75 Å². The van der Waals surface area contributed by atoms with E-state index in [4.69, 9.17) is 17.0 Å². The summed E-state index contributed by atoms with van der Waals surface area (Å²) in [4.78, 5) is 5.55. The first-order chi connectivity index (χ1) is 10.1. The number of ether oxygens (including phenoxy) is 1. The Morgan fingerprint density at radius 2 is 2.10 bits per heavy atom. The Kier molecular flexibility index (Phi) is 3.99. The van der Waals surface area contributed by atoms with Crippen molar-refractivity contribution in [3.8, 4) is 5.75 Å². The molecule has 1 aromatic carbocycles. The van der Waals surface area contributed by atoms with Crippen LogP contribution in [0.1, 0.15) is 19.8 Å². The van der Waals surface area contributed by atoms with E-state index in [1.54, 1.807) is 6.07 Å². The quantitative estimate of drug-likeness (QED) is 0.880. The average molecular weight is 309 g/mol. The second-order valence-electron chi connectivity index (χ2n) is 5.64. The Balaban J connectivity index is 1.97. The molecule has 1 fully saturated rings. The van der Waals surface area contributed by atoms with Crippen molar-refractivity contribution in [2.24, 2.45) is 0 Å². The highest BCUT2D eigenvalue weighted by atomic mass is 32.1. The summed E-state index contributed by atoms with van der Waals surface area (Å²) in [6.07, 6.45) is 2.53. The first-order valence-electron chi connectivity index (χ1n) is 7.30. The maximum Gasteiger partial charge on any atom is 0.178 e. The molecular formula is C15H20FN3OS. The lowest BCUT2D eigenvalue weighted by Crippen LogP contribution is -2.33. The van der Waals surface area contributed by atoms with E-state index in [2.05, 4.69) is 16.8 Å². The summed E-state index contributed by atoms with van der Waals surface area (Å²) in [5.74, 6) is -0.125. The Morgan fingerprint density at radius 3 is 2.76 bits per heavy atom. The number of methoxy groups -OCH3 is 1. The molecule has 1 atom stereocenters. The van der Waals surface area contributed by atoms with Crippen LogP contribution in [0.25, 0.3) is 11.0 Å². The summed E-state index contributed by atoms with van der Waals surface area (Å²) in [6.45, 7) is 5.31. The number of rotatable bonds is 4. The molecule has 1 unspecified atom stereocenters. The lowest BCUT2D eigenvalue weighted by molar-refractivity contribution is 0.237. The van der Waals surface area contributed by atoms with Crippen molar-refractivity contribution in [2.75, 3.05) is 20.2 Å². The van der Waals surface area contributed by atoms with E-state index in [1.165, 1.54) is 26.0 Å². The third-order valence-corrected chi connectivity index (χ3v) is 4.58. The SMILES string of the molecule is COc1cc2c(cc1F)[nH]c(=S)n2CC(C)N1CCCC1. The van der Waals surface area contributed by atoms with Crippen molar-refractivity contribution in [3.63, 3.8) is 0 Å². The van der Waals surface area contributed by atoms with Gasteiger partial charge in [0.15, 0.2) is 16.3 Å². The van der Waals surface area contributed by atoms with Gasteiger partial charge in [-0.1, -0.05) is 0 Å². The summed E-state index contributed by atoms with van der Waals surface area (Å²) >= 11 is 5.39. The molecular weight excluding hydrogens is 289 g/mol. The normalized spacial score (nSPS) is 17.5. The standard InChI is InChI=1S/C15H20FN3OS/c1-10(18-5-3-4-6-18)9-19-13-8-14(20-2)11(16)7-12(13)17-15(19)21/h7-8,10H,3-6,9H2,1-2H3,(H,17,21). The monoisotopic (exact) mass is 309 g/mol. The molecule has 0 aliphatic carbocycles. The number of likely N-dealkylation sites (tertiary alicyclic amines) is 1. The molecule has 2 aromatic rings. The van der Waals surface area contributed by atoms with Crippen molar-refractivity contribution in [2.45, 2.75) is 32.4 Å². The second kappa shape index (κ2) is 5.77. The zero-order valence-corrected chi connectivity index (χ0v) is 13.2. The number of imidazole rings is 1. The highest BCUT2D eigenvalue weighted by molar-refractivity contribution is 7.71. The molecule has 21 heavy (non-hydrogen) atoms. The fourth-order valence-electron chi connectivity index (χ4n) is 3.06. The number of halogens is 1. The number of aromatic amines is 1. The van der Waals surface area contributed by atoms with E-state index in [0.717, 1.165) is 25.2 Å². The van der Waals surface area contributed by atoms with Crippen LogP contribution in [0, 0.1) is 10.6 Å². The maximum absolute atomic E-state index is 13.8. The number of H-pyrrole nitrogens is 1. The molecule has 0 radical (unpaired) electrons. The molecule has 6 heteroatoms. The van der Waals surface area contributed by atoms with Crippen LogP contribution < -0.4 is 4.74 Å². The largest absolute Gasteiger partial charge is 0.494 e. The van der Waals surface area contributed by atoms with Gasteiger partial charge in [0.25, 0.3) is 0 Å². The van der Waals surface area contributed by atoms with Crippen LogP contribution >= 0.6 is 12.2 Å². The molecule has 2 heterocycles. The minimum atomic E-state index is -0.374. The first-order valence-corrected chi connectivity index (χ1v) is 7.71. The van der Waals surface area contributed by atoms with Gasteiger partial charge in [0.2, 0.25) is 0 Å². The van der Waals surface area contributed by atoms with Crippen molar-refractivity contribution in [1.29, 1.82) is 0 Å². The fraction of sp³-hybridized carbons (Fsp3) is 0.533. The van der Waals surface area contributed by atoms with Crippen LogP contribution in [0.4, 0.5) is 4.39 Å². The number of hydrogen-bond acceptors (Lipinski definition) is 3. The molecule has 0 spiro atoms. The van der Waals surface area contributed by atoms with Gasteiger partial charge in [-0.05, 0) is 45.1 Å². The van der Waals surface area contributed by atoms with Gasteiger partial charge in [0.1, 0.15) is 0 Å². The number of fused-ring (bicyclic) bond motifs is 1. The highest BCUT2D eigenvalue weighted by Crippen LogP contribution is 2.25. The number of hydrogen-bond donors (Lipinski definition) is 1. The third-order valence-electron chi connectivity index (χ3n) is 4.26. The lowest BCUT2D eigenvalue weighted by Gasteiger charge is -2.24. The van der Waals surface area contributed by atoms with Crippen molar-refractivity contribution in [3.05, 3.63) is 22.7 Å². The van der Waals surface area contributed by atoms with Gasteiger partial charge in [-0.2, -0.15) is 0 Å². The molecule has 0 saturated carbocycles. The van der Waals surface area contributed by atoms with E-state index in [1.807, 2.05) is 4.57 Å². The van der Waals surface area contributed by atoms with Crippen molar-refractivity contribution in [1.82, 2.24) is 14.5 Å². The number of nitrogens with one attached hydrogen (secondary N) is 1. The van der Waals surface area contributed by atoms with Gasteiger partial charge in [0, 0.05) is 24.7 Å². The van der Waals surface area contributed by atoms with Gasteiger partial charge in [-0.15, -0.1) is 0 Å². The minimum absolute atomic E-state index is 0.249. The Bertz CT molecular complexity index is 703. The first kappa shape index (κ1) is 14.5. The molecule has 114 valence electrons. The van der Waals surface area contributed by atoms with E-state index >= 15 is 0 Å². The van der Waals surface area contributed by atoms with Crippen LogP contribution in [-0.2, 0) is 6.54 Å². The number of aromatic nitrogens is 2. The smallest absolute Gasteiger partial charge is 0.178 e. The van der Waals surface area contributed by atoms with E-state index in [0.29, 0.717) is 16.3 Å². The molecule has 1 N–H and O–H groups in total. The molecule has 1 saturated heterocycles. The maximum atomic E-state index is 13.8. The molecule has 4 nitrogen and oxygen atoms in total. The summed E-state index contributed by atoms with van der Waals surface area (Å²) < 4.78 is 21.5. The number of benzene rings is 1. The van der Waals surface area contributed by atoms with E-state index in [-0.39, 0.29) is 11.6 Å². The minimum Gasteiger partial charge on any atom is -0.494 e. The van der Waals surface area contributed by atoms with Gasteiger partial charge < -0.3 is 14.3 Å². The predicted octanol–water partition coefficient (Wildman–Crippen LogP) is 3.33. The molecule has 1 aliphatic heterocycles. The molecule has 0 amide bonds. The van der Waals surface area contributed by atoms with Crippen LogP contribution in [0.15, 0.2) is 12.1 Å². The predicted molar refractivity (Wildman–Crippen MR) is 83.9 cm³/mol. The Morgan fingerprint density at radius 1 is 1.38 bits per heavy atom. The van der Waals surface area contributed by atoms with Crippen LogP contribution in [0.2, 0.25) is 0 Å². The molecule has 0 bridgehead atoms. The lowest BCUT2D eigenvalue weighted by atomic mass is 10.2. The van der Waals surface area contributed by atoms with Crippen molar-refractivity contribution < 1.29 is 9.13 Å². The summed E-state index contributed by atoms with van der Waals surface area (Å²) in [5.41, 5.74) is 1.61. The topological polar surface area (TPSA) is 33.2 Å². The fourth-order valence-corrected chi connectivity index (χ4v) is 3.34.